The maximum absolute atomic E-state index is 12.9. The van der Waals surface area contributed by atoms with E-state index < -0.39 is 17.7 Å². The maximum Gasteiger partial charge on any atom is 0.416 e. The molecule has 0 saturated carbocycles. The number of carbonyl (C=O) groups is 1. The molecule has 2 heterocycles. The lowest BCUT2D eigenvalue weighted by molar-refractivity contribution is -0.139. The van der Waals surface area contributed by atoms with Gasteiger partial charge in [-0.2, -0.15) is 13.2 Å². The van der Waals surface area contributed by atoms with Crippen molar-refractivity contribution in [3.05, 3.63) is 71.4 Å². The van der Waals surface area contributed by atoms with Crippen LogP contribution in [0.3, 0.4) is 0 Å². The number of pyridine rings is 1. The van der Waals surface area contributed by atoms with Crippen molar-refractivity contribution in [2.45, 2.75) is 38.3 Å². The summed E-state index contributed by atoms with van der Waals surface area (Å²) in [6.45, 7) is 1.79. The molecule has 0 bridgehead atoms. The average Bonchev–Trinajstić information content (AvgIpc) is 2.89. The number of ether oxygens (including phenoxy) is 1. The fourth-order valence-electron chi connectivity index (χ4n) is 5.24. The number of halogens is 3. The lowest BCUT2D eigenvalue weighted by Gasteiger charge is -2.37. The fraction of sp³-hybridized carbons (Fsp3) is 0.400. The number of aliphatic carboxylic acids is 1. The van der Waals surface area contributed by atoms with Gasteiger partial charge >= 0.3 is 12.1 Å². The number of aryl methyl sites for hydroxylation is 1. The molecule has 1 aliphatic heterocycles. The standard InChI is InChI=1S/C30H31F3N2O3/c1-38-26-10-11-28-27(19-26)23(12-14-34-28)8-3-7-22-13-16-35(20-24(22)18-29(36)37)15-4-6-21-5-2-9-25(17-21)30(31,32)33/h2,5,9-12,14,17,19,22,24H,3,7-8,13,15-16,18,20H2,1H3,(H,36,37)/t22-,24+/m1/s1. The van der Waals surface area contributed by atoms with Crippen molar-refractivity contribution in [2.75, 3.05) is 26.7 Å². The Kier molecular flexibility index (Phi) is 8.90. The number of hydrogen-bond donors (Lipinski definition) is 1. The molecule has 200 valence electrons. The molecule has 1 saturated heterocycles. The van der Waals surface area contributed by atoms with E-state index in [1.807, 2.05) is 30.5 Å². The Morgan fingerprint density at radius 2 is 2.03 bits per heavy atom. The van der Waals surface area contributed by atoms with Crippen LogP contribution in [0.4, 0.5) is 13.2 Å². The molecule has 3 aromatic rings. The molecule has 38 heavy (non-hydrogen) atoms. The number of methoxy groups -OCH3 is 1. The lowest BCUT2D eigenvalue weighted by Crippen LogP contribution is -2.41. The number of aromatic nitrogens is 1. The van der Waals surface area contributed by atoms with Gasteiger partial charge in [-0.05, 0) is 92.1 Å². The van der Waals surface area contributed by atoms with Crippen LogP contribution in [-0.4, -0.2) is 47.7 Å². The Bertz CT molecular complexity index is 1330. The van der Waals surface area contributed by atoms with E-state index in [2.05, 4.69) is 21.7 Å². The van der Waals surface area contributed by atoms with Gasteiger partial charge in [0, 0.05) is 30.1 Å². The Balaban J connectivity index is 1.35. The second-order valence-electron chi connectivity index (χ2n) is 9.77. The number of fused-ring (bicyclic) bond motifs is 1. The molecule has 2 atom stereocenters. The average molecular weight is 525 g/mol. The summed E-state index contributed by atoms with van der Waals surface area (Å²) in [4.78, 5) is 18.1. The summed E-state index contributed by atoms with van der Waals surface area (Å²) >= 11 is 0. The molecule has 1 aliphatic rings. The first kappa shape index (κ1) is 27.5. The van der Waals surface area contributed by atoms with Crippen LogP contribution in [0.5, 0.6) is 5.75 Å². The SMILES string of the molecule is COc1ccc2nccc(CCC[C@@H]3CCN(CC#Cc4cccc(C(F)(F)F)c4)C[C@@H]3CC(=O)O)c2c1. The molecule has 1 N–H and O–H groups in total. The van der Waals surface area contributed by atoms with Gasteiger partial charge in [0.15, 0.2) is 0 Å². The summed E-state index contributed by atoms with van der Waals surface area (Å²) in [6.07, 6.45) is 1.11. The molecular formula is C30H31F3N2O3. The largest absolute Gasteiger partial charge is 0.497 e. The van der Waals surface area contributed by atoms with Crippen LogP contribution in [0.15, 0.2) is 54.7 Å². The Labute approximate surface area is 220 Å². The van der Waals surface area contributed by atoms with Gasteiger partial charge < -0.3 is 9.84 Å². The minimum absolute atomic E-state index is 0.00545. The van der Waals surface area contributed by atoms with Crippen LogP contribution in [0.1, 0.15) is 42.4 Å². The third-order valence-corrected chi connectivity index (χ3v) is 7.20. The first-order chi connectivity index (χ1) is 18.2. The predicted molar refractivity (Wildman–Crippen MR) is 140 cm³/mol. The number of nitrogens with zero attached hydrogens (tertiary/aromatic N) is 2. The monoisotopic (exact) mass is 524 g/mol. The van der Waals surface area contributed by atoms with Crippen LogP contribution in [0, 0.1) is 23.7 Å². The van der Waals surface area contributed by atoms with Gasteiger partial charge in [-0.3, -0.25) is 14.7 Å². The van der Waals surface area contributed by atoms with Gasteiger partial charge in [-0.15, -0.1) is 0 Å². The molecule has 0 amide bonds. The molecule has 4 rings (SSSR count). The Hall–Kier alpha value is -3.57. The first-order valence-corrected chi connectivity index (χ1v) is 12.7. The van der Waals surface area contributed by atoms with Gasteiger partial charge in [0.05, 0.1) is 24.7 Å². The highest BCUT2D eigenvalue weighted by atomic mass is 19.4. The van der Waals surface area contributed by atoms with Crippen LogP contribution in [0.25, 0.3) is 10.9 Å². The molecule has 0 unspecified atom stereocenters. The Morgan fingerprint density at radius 1 is 1.18 bits per heavy atom. The van der Waals surface area contributed by atoms with E-state index in [-0.39, 0.29) is 12.3 Å². The third-order valence-electron chi connectivity index (χ3n) is 7.20. The van der Waals surface area contributed by atoms with E-state index >= 15 is 0 Å². The molecule has 8 heteroatoms. The van der Waals surface area contributed by atoms with Crippen molar-refractivity contribution >= 4 is 16.9 Å². The first-order valence-electron chi connectivity index (χ1n) is 12.7. The molecular weight excluding hydrogens is 493 g/mol. The zero-order valence-corrected chi connectivity index (χ0v) is 21.3. The van der Waals surface area contributed by atoms with Crippen molar-refractivity contribution in [3.8, 4) is 17.6 Å². The number of carboxylic acid groups (broad SMARTS) is 1. The minimum atomic E-state index is -4.40. The minimum Gasteiger partial charge on any atom is -0.497 e. The summed E-state index contributed by atoms with van der Waals surface area (Å²) in [7, 11) is 1.64. The molecule has 0 spiro atoms. The van der Waals surface area contributed by atoms with Crippen molar-refractivity contribution in [1.82, 2.24) is 9.88 Å². The van der Waals surface area contributed by atoms with E-state index in [1.54, 1.807) is 13.2 Å². The van der Waals surface area contributed by atoms with Crippen molar-refractivity contribution in [1.29, 1.82) is 0 Å². The summed E-state index contributed by atoms with van der Waals surface area (Å²) in [5, 5.41) is 10.6. The van der Waals surface area contributed by atoms with Crippen LogP contribution in [-0.2, 0) is 17.4 Å². The summed E-state index contributed by atoms with van der Waals surface area (Å²) < 4.78 is 44.2. The van der Waals surface area contributed by atoms with E-state index in [1.165, 1.54) is 11.6 Å². The van der Waals surface area contributed by atoms with Crippen molar-refractivity contribution < 1.29 is 27.8 Å². The number of alkyl halides is 3. The topological polar surface area (TPSA) is 62.7 Å². The summed E-state index contributed by atoms with van der Waals surface area (Å²) in [6, 6.07) is 12.9. The van der Waals surface area contributed by atoms with Crippen LogP contribution < -0.4 is 4.74 Å². The number of rotatable bonds is 8. The van der Waals surface area contributed by atoms with Gasteiger partial charge in [0.25, 0.3) is 0 Å². The van der Waals surface area contributed by atoms with E-state index in [0.29, 0.717) is 24.6 Å². The molecule has 0 aliphatic carbocycles. The zero-order chi connectivity index (χ0) is 27.1. The van der Waals surface area contributed by atoms with E-state index in [9.17, 15) is 23.1 Å². The molecule has 1 fully saturated rings. The Morgan fingerprint density at radius 3 is 2.79 bits per heavy atom. The smallest absolute Gasteiger partial charge is 0.416 e. The summed E-state index contributed by atoms with van der Waals surface area (Å²) in [5.41, 5.74) is 1.72. The quantitative estimate of drug-likeness (QED) is 0.364. The number of hydrogen-bond acceptors (Lipinski definition) is 4. The number of piperidine rings is 1. The van der Waals surface area contributed by atoms with Crippen molar-refractivity contribution in [3.63, 3.8) is 0 Å². The van der Waals surface area contributed by atoms with E-state index in [0.717, 1.165) is 61.0 Å². The van der Waals surface area contributed by atoms with Gasteiger partial charge in [0.1, 0.15) is 5.75 Å². The van der Waals surface area contributed by atoms with Crippen LogP contribution >= 0.6 is 0 Å². The number of benzene rings is 2. The number of likely N-dealkylation sites (tertiary alicyclic amines) is 1. The second-order valence-corrected chi connectivity index (χ2v) is 9.77. The van der Waals surface area contributed by atoms with Gasteiger partial charge in [-0.1, -0.05) is 17.9 Å². The fourth-order valence-corrected chi connectivity index (χ4v) is 5.24. The van der Waals surface area contributed by atoms with Crippen LogP contribution in [0.2, 0.25) is 0 Å². The highest BCUT2D eigenvalue weighted by Gasteiger charge is 2.31. The molecule has 5 nitrogen and oxygen atoms in total. The second kappa shape index (κ2) is 12.3. The van der Waals surface area contributed by atoms with E-state index in [4.69, 9.17) is 4.74 Å². The van der Waals surface area contributed by atoms with Crippen molar-refractivity contribution in [2.24, 2.45) is 11.8 Å². The highest BCUT2D eigenvalue weighted by Crippen LogP contribution is 2.32. The molecule has 1 aromatic heterocycles. The lowest BCUT2D eigenvalue weighted by atomic mass is 9.80. The zero-order valence-electron chi connectivity index (χ0n) is 21.3. The molecule has 2 aromatic carbocycles. The van der Waals surface area contributed by atoms with Gasteiger partial charge in [0.2, 0.25) is 0 Å². The van der Waals surface area contributed by atoms with Gasteiger partial charge in [-0.25, -0.2) is 0 Å². The normalized spacial score (nSPS) is 18.1. The maximum atomic E-state index is 12.9. The highest BCUT2D eigenvalue weighted by molar-refractivity contribution is 5.83. The summed E-state index contributed by atoms with van der Waals surface area (Å²) in [5.74, 6) is 6.07. The number of carboxylic acids is 1. The molecule has 0 radical (unpaired) electrons. The third kappa shape index (κ3) is 7.26. The predicted octanol–water partition coefficient (Wildman–Crippen LogP) is 6.05.